The highest BCUT2D eigenvalue weighted by Gasteiger charge is 2.59. The van der Waals surface area contributed by atoms with Gasteiger partial charge in [0.15, 0.2) is 0 Å². The minimum absolute atomic E-state index is 0.0159. The van der Waals surface area contributed by atoms with E-state index in [0.29, 0.717) is 11.8 Å². The first-order valence-electron chi connectivity index (χ1n) is 8.65. The molecule has 4 bridgehead atoms. The van der Waals surface area contributed by atoms with Crippen molar-refractivity contribution in [1.82, 2.24) is 4.90 Å². The molecule has 0 radical (unpaired) electrons. The van der Waals surface area contributed by atoms with Crippen molar-refractivity contribution in [2.75, 3.05) is 13.1 Å². The van der Waals surface area contributed by atoms with Gasteiger partial charge >= 0.3 is 0 Å². The molecule has 1 saturated heterocycles. The molecular weight excluding hydrogens is 248 g/mol. The van der Waals surface area contributed by atoms with E-state index < -0.39 is 0 Å². The number of rotatable bonds is 2. The summed E-state index contributed by atoms with van der Waals surface area (Å²) < 4.78 is 0. The number of nitrogens with two attached hydrogens (primary N) is 1. The fourth-order valence-corrected chi connectivity index (χ4v) is 6.43. The Kier molecular flexibility index (Phi) is 2.16. The predicted octanol–water partition coefficient (Wildman–Crippen LogP) is 2.15. The summed E-state index contributed by atoms with van der Waals surface area (Å²) in [6.07, 6.45) is 10.4. The monoisotopic (exact) mass is 274 g/mol. The molecule has 1 heterocycles. The van der Waals surface area contributed by atoms with Crippen molar-refractivity contribution in [2.45, 2.75) is 56.9 Å². The van der Waals surface area contributed by atoms with Crippen LogP contribution in [0.15, 0.2) is 0 Å². The van der Waals surface area contributed by atoms with Crippen molar-refractivity contribution in [3.8, 4) is 0 Å². The van der Waals surface area contributed by atoms with E-state index in [9.17, 15) is 4.79 Å². The van der Waals surface area contributed by atoms with Gasteiger partial charge in [0.1, 0.15) is 0 Å². The Labute approximate surface area is 121 Å². The predicted molar refractivity (Wildman–Crippen MR) is 76.8 cm³/mol. The summed E-state index contributed by atoms with van der Waals surface area (Å²) in [6, 6.07) is 0. The zero-order valence-electron chi connectivity index (χ0n) is 12.3. The molecule has 5 aliphatic carbocycles. The van der Waals surface area contributed by atoms with Crippen LogP contribution in [0.4, 0.5) is 0 Å². The Bertz CT molecular complexity index is 426. The Morgan fingerprint density at radius 1 is 0.950 bits per heavy atom. The molecule has 0 unspecified atom stereocenters. The number of amides is 1. The van der Waals surface area contributed by atoms with Gasteiger partial charge in [0.05, 0.1) is 11.0 Å². The van der Waals surface area contributed by atoms with Gasteiger partial charge in [0, 0.05) is 13.1 Å². The fourth-order valence-electron chi connectivity index (χ4n) is 6.43. The fraction of sp³-hybridized carbons (Fsp3) is 0.941. The van der Waals surface area contributed by atoms with Gasteiger partial charge in [0.2, 0.25) is 5.91 Å². The minimum Gasteiger partial charge on any atom is -0.338 e. The van der Waals surface area contributed by atoms with Gasteiger partial charge in [-0.15, -0.1) is 0 Å². The third kappa shape index (κ3) is 1.53. The molecule has 110 valence electrons. The van der Waals surface area contributed by atoms with Gasteiger partial charge in [-0.2, -0.15) is 0 Å². The van der Waals surface area contributed by atoms with E-state index in [1.807, 2.05) is 0 Å². The molecule has 2 N–H and O–H groups in total. The summed E-state index contributed by atoms with van der Waals surface area (Å²) >= 11 is 0. The van der Waals surface area contributed by atoms with Gasteiger partial charge in [-0.05, 0) is 75.0 Å². The van der Waals surface area contributed by atoms with Gasteiger partial charge in [-0.3, -0.25) is 4.79 Å². The lowest BCUT2D eigenvalue weighted by Crippen LogP contribution is -2.72. The zero-order valence-corrected chi connectivity index (χ0v) is 12.3. The molecule has 3 nitrogen and oxygen atoms in total. The first-order valence-corrected chi connectivity index (χ1v) is 8.65. The number of carbonyl (C=O) groups is 1. The maximum absolute atomic E-state index is 13.1. The number of nitrogens with zero attached hydrogens (tertiary/aromatic N) is 1. The molecule has 0 aromatic rings. The molecule has 0 aromatic heterocycles. The maximum atomic E-state index is 13.1. The summed E-state index contributed by atoms with van der Waals surface area (Å²) in [5.41, 5.74) is 6.46. The molecule has 6 rings (SSSR count). The molecule has 0 atom stereocenters. The Morgan fingerprint density at radius 2 is 1.45 bits per heavy atom. The van der Waals surface area contributed by atoms with Crippen LogP contribution < -0.4 is 5.73 Å². The van der Waals surface area contributed by atoms with Crippen LogP contribution in [-0.2, 0) is 4.79 Å². The second kappa shape index (κ2) is 3.60. The van der Waals surface area contributed by atoms with Crippen LogP contribution in [0.3, 0.4) is 0 Å². The lowest BCUT2D eigenvalue weighted by molar-refractivity contribution is -0.165. The highest BCUT2D eigenvalue weighted by atomic mass is 16.2. The molecule has 5 saturated carbocycles. The topological polar surface area (TPSA) is 46.3 Å². The smallest absolute Gasteiger partial charge is 0.228 e. The molecule has 1 amide bonds. The van der Waals surface area contributed by atoms with Crippen LogP contribution in [0, 0.1) is 29.1 Å². The van der Waals surface area contributed by atoms with E-state index in [2.05, 4.69) is 4.90 Å². The van der Waals surface area contributed by atoms with E-state index in [4.69, 9.17) is 5.73 Å². The van der Waals surface area contributed by atoms with E-state index in [1.54, 1.807) is 0 Å². The minimum atomic E-state index is -0.0159. The lowest BCUT2D eigenvalue weighted by atomic mass is 9.49. The summed E-state index contributed by atoms with van der Waals surface area (Å²) in [5.74, 6) is 3.77. The Morgan fingerprint density at radius 3 is 1.90 bits per heavy atom. The van der Waals surface area contributed by atoms with Crippen LogP contribution in [-0.4, -0.2) is 29.4 Å². The number of hydrogen-bond acceptors (Lipinski definition) is 2. The standard InChI is InChI=1S/C17H26N2O/c18-17(14-1-2-14)9-19(10-17)15(20)16-6-11-3-12(7-16)5-13(4-11)8-16/h11-14H,1-10,18H2. The molecule has 3 heteroatoms. The Balaban J connectivity index is 1.34. The van der Waals surface area contributed by atoms with E-state index >= 15 is 0 Å². The van der Waals surface area contributed by atoms with Gasteiger partial charge < -0.3 is 10.6 Å². The summed E-state index contributed by atoms with van der Waals surface area (Å²) in [4.78, 5) is 15.2. The summed E-state index contributed by atoms with van der Waals surface area (Å²) in [5, 5.41) is 0. The van der Waals surface area contributed by atoms with E-state index in [0.717, 1.165) is 30.8 Å². The van der Waals surface area contributed by atoms with Crippen molar-refractivity contribution in [3.05, 3.63) is 0 Å². The summed E-state index contributed by atoms with van der Waals surface area (Å²) in [6.45, 7) is 1.69. The first kappa shape index (κ1) is 12.0. The average molecular weight is 274 g/mol. The highest BCUT2D eigenvalue weighted by molar-refractivity contribution is 5.84. The van der Waals surface area contributed by atoms with Crippen molar-refractivity contribution in [1.29, 1.82) is 0 Å². The number of carbonyl (C=O) groups excluding carboxylic acids is 1. The summed E-state index contributed by atoms with van der Waals surface area (Å²) in [7, 11) is 0. The van der Waals surface area contributed by atoms with Crippen molar-refractivity contribution < 1.29 is 4.79 Å². The molecule has 0 aromatic carbocycles. The van der Waals surface area contributed by atoms with Gasteiger partial charge in [0.25, 0.3) is 0 Å². The zero-order chi connectivity index (χ0) is 13.5. The van der Waals surface area contributed by atoms with Crippen molar-refractivity contribution >= 4 is 5.91 Å². The van der Waals surface area contributed by atoms with Crippen LogP contribution in [0.1, 0.15) is 51.4 Å². The highest BCUT2D eigenvalue weighted by Crippen LogP contribution is 2.61. The molecule has 0 spiro atoms. The first-order chi connectivity index (χ1) is 9.56. The Hall–Kier alpha value is -0.570. The second-order valence-corrected chi connectivity index (χ2v) is 8.87. The molecular formula is C17H26N2O. The van der Waals surface area contributed by atoms with Crippen molar-refractivity contribution in [2.24, 2.45) is 34.8 Å². The second-order valence-electron chi connectivity index (χ2n) is 8.87. The van der Waals surface area contributed by atoms with Crippen LogP contribution >= 0.6 is 0 Å². The lowest BCUT2D eigenvalue weighted by Gasteiger charge is -2.59. The van der Waals surface area contributed by atoms with E-state index in [-0.39, 0.29) is 11.0 Å². The third-order valence-corrected chi connectivity index (χ3v) is 7.14. The number of likely N-dealkylation sites (tertiary alicyclic amines) is 1. The molecule has 6 aliphatic rings. The van der Waals surface area contributed by atoms with Gasteiger partial charge in [-0.1, -0.05) is 0 Å². The van der Waals surface area contributed by atoms with Gasteiger partial charge in [-0.25, -0.2) is 0 Å². The SMILES string of the molecule is NC1(C2CC2)CN(C(=O)C23CC4CC(CC(C4)C2)C3)C1. The van der Waals surface area contributed by atoms with Crippen LogP contribution in [0.5, 0.6) is 0 Å². The third-order valence-electron chi connectivity index (χ3n) is 7.14. The maximum Gasteiger partial charge on any atom is 0.228 e. The van der Waals surface area contributed by atoms with Crippen LogP contribution in [0.25, 0.3) is 0 Å². The number of hydrogen-bond donors (Lipinski definition) is 1. The normalized spacial score (nSPS) is 48.2. The van der Waals surface area contributed by atoms with Crippen molar-refractivity contribution in [3.63, 3.8) is 0 Å². The molecule has 6 fully saturated rings. The molecule has 1 aliphatic heterocycles. The average Bonchev–Trinajstić information content (AvgIpc) is 3.16. The van der Waals surface area contributed by atoms with Crippen LogP contribution in [0.2, 0.25) is 0 Å². The van der Waals surface area contributed by atoms with E-state index in [1.165, 1.54) is 51.4 Å². The quantitative estimate of drug-likeness (QED) is 0.838. The largest absolute Gasteiger partial charge is 0.338 e. The molecule has 20 heavy (non-hydrogen) atoms.